The Kier molecular flexibility index (Phi) is 6.47. The van der Waals surface area contributed by atoms with Gasteiger partial charge in [-0.05, 0) is 25.0 Å². The van der Waals surface area contributed by atoms with Crippen LogP contribution >= 0.6 is 11.6 Å². The third-order valence-corrected chi connectivity index (χ3v) is 3.38. The largest absolute Gasteiger partial charge is 0.478 e. The zero-order valence-corrected chi connectivity index (χ0v) is 14.7. The minimum absolute atomic E-state index is 0.198. The molecule has 0 aliphatic heterocycles. The smallest absolute Gasteiger partial charge is 0.405 e. The van der Waals surface area contributed by atoms with Crippen molar-refractivity contribution in [1.29, 1.82) is 0 Å². The van der Waals surface area contributed by atoms with Gasteiger partial charge in [-0.2, -0.15) is 13.2 Å². The SMILES string of the molecule is CCNc1cnccc1C#Cc1nc(Cl)cc(C(=O)O)c1NCC(F)(F)F. The first kappa shape index (κ1) is 20.3. The monoisotopic (exact) mass is 398 g/mol. The van der Waals surface area contributed by atoms with Gasteiger partial charge < -0.3 is 15.7 Å². The van der Waals surface area contributed by atoms with Crippen LogP contribution in [0.1, 0.15) is 28.5 Å². The molecule has 0 spiro atoms. The summed E-state index contributed by atoms with van der Waals surface area (Å²) in [6, 6.07) is 2.57. The molecule has 0 fully saturated rings. The van der Waals surface area contributed by atoms with E-state index in [4.69, 9.17) is 11.6 Å². The van der Waals surface area contributed by atoms with Crippen LogP contribution < -0.4 is 10.6 Å². The molecule has 0 saturated carbocycles. The molecule has 2 aromatic rings. The number of carboxylic acids is 1. The van der Waals surface area contributed by atoms with Crippen LogP contribution in [0.15, 0.2) is 24.5 Å². The molecule has 0 aromatic carbocycles. The van der Waals surface area contributed by atoms with Gasteiger partial charge in [-0.15, -0.1) is 0 Å². The molecule has 0 atom stereocenters. The van der Waals surface area contributed by atoms with Crippen molar-refractivity contribution >= 4 is 28.9 Å². The van der Waals surface area contributed by atoms with E-state index in [2.05, 4.69) is 27.1 Å². The van der Waals surface area contributed by atoms with E-state index in [1.165, 1.54) is 6.20 Å². The zero-order chi connectivity index (χ0) is 20.0. The number of halogens is 4. The quantitative estimate of drug-likeness (QED) is 0.526. The summed E-state index contributed by atoms with van der Waals surface area (Å²) in [5.41, 5.74) is 0.134. The fourth-order valence-corrected chi connectivity index (χ4v) is 2.30. The first-order chi connectivity index (χ1) is 12.7. The van der Waals surface area contributed by atoms with Gasteiger partial charge in [0.05, 0.1) is 28.7 Å². The molecule has 0 radical (unpaired) electrons. The maximum Gasteiger partial charge on any atom is 0.405 e. The molecule has 0 aliphatic carbocycles. The lowest BCUT2D eigenvalue weighted by Crippen LogP contribution is -2.23. The second-order valence-electron chi connectivity index (χ2n) is 5.19. The first-order valence-electron chi connectivity index (χ1n) is 7.65. The number of hydrogen-bond donors (Lipinski definition) is 3. The maximum atomic E-state index is 12.6. The molecule has 2 aromatic heterocycles. The van der Waals surface area contributed by atoms with E-state index in [0.29, 0.717) is 17.8 Å². The number of aromatic nitrogens is 2. The van der Waals surface area contributed by atoms with Gasteiger partial charge in [0, 0.05) is 12.7 Å². The molecule has 0 aliphatic rings. The summed E-state index contributed by atoms with van der Waals surface area (Å²) in [5.74, 6) is 3.90. The molecule has 3 N–H and O–H groups in total. The topological polar surface area (TPSA) is 87.1 Å². The molecule has 2 heterocycles. The Labute approximate surface area is 157 Å². The molecule has 0 unspecified atom stereocenters. The van der Waals surface area contributed by atoms with Gasteiger partial charge in [-0.1, -0.05) is 17.5 Å². The highest BCUT2D eigenvalue weighted by Gasteiger charge is 2.28. The Morgan fingerprint density at radius 1 is 1.33 bits per heavy atom. The summed E-state index contributed by atoms with van der Waals surface area (Å²) in [7, 11) is 0. The predicted octanol–water partition coefficient (Wildman–Crippen LogP) is 3.63. The van der Waals surface area contributed by atoms with Crippen molar-refractivity contribution in [1.82, 2.24) is 9.97 Å². The minimum Gasteiger partial charge on any atom is -0.478 e. The first-order valence-corrected chi connectivity index (χ1v) is 8.03. The summed E-state index contributed by atoms with van der Waals surface area (Å²) in [5, 5.41) is 14.2. The summed E-state index contributed by atoms with van der Waals surface area (Å²) < 4.78 is 37.7. The molecule has 142 valence electrons. The number of carboxylic acid groups (broad SMARTS) is 1. The Morgan fingerprint density at radius 2 is 2.07 bits per heavy atom. The summed E-state index contributed by atoms with van der Waals surface area (Å²) >= 11 is 5.80. The lowest BCUT2D eigenvalue weighted by Gasteiger charge is -2.13. The number of nitrogens with one attached hydrogen (secondary N) is 2. The second kappa shape index (κ2) is 8.60. The summed E-state index contributed by atoms with van der Waals surface area (Å²) in [6.07, 6.45) is -1.50. The molecular weight excluding hydrogens is 385 g/mol. The van der Waals surface area contributed by atoms with Crippen LogP contribution in [-0.4, -0.2) is 40.3 Å². The average molecular weight is 399 g/mol. The molecule has 27 heavy (non-hydrogen) atoms. The van der Waals surface area contributed by atoms with Crippen molar-refractivity contribution in [2.45, 2.75) is 13.1 Å². The second-order valence-corrected chi connectivity index (χ2v) is 5.58. The lowest BCUT2D eigenvalue weighted by atomic mass is 10.1. The van der Waals surface area contributed by atoms with E-state index >= 15 is 0 Å². The molecular formula is C17H14ClF3N4O2. The van der Waals surface area contributed by atoms with E-state index in [1.807, 2.05) is 12.2 Å². The van der Waals surface area contributed by atoms with Crippen LogP contribution in [0.3, 0.4) is 0 Å². The average Bonchev–Trinajstić information content (AvgIpc) is 2.59. The van der Waals surface area contributed by atoms with Gasteiger partial charge in [0.1, 0.15) is 17.4 Å². The fraction of sp³-hybridized carbons (Fsp3) is 0.235. The van der Waals surface area contributed by atoms with E-state index in [1.54, 1.807) is 12.3 Å². The van der Waals surface area contributed by atoms with Crippen molar-refractivity contribution in [2.75, 3.05) is 23.7 Å². The Hall–Kier alpha value is -2.99. The summed E-state index contributed by atoms with van der Waals surface area (Å²) in [4.78, 5) is 19.2. The Bertz CT molecular complexity index is 907. The summed E-state index contributed by atoms with van der Waals surface area (Å²) in [6.45, 7) is 1.04. The zero-order valence-electron chi connectivity index (χ0n) is 14.0. The Morgan fingerprint density at radius 3 is 2.70 bits per heavy atom. The predicted molar refractivity (Wildman–Crippen MR) is 95.1 cm³/mol. The van der Waals surface area contributed by atoms with Crippen LogP contribution in [0.4, 0.5) is 24.5 Å². The number of pyridine rings is 2. The van der Waals surface area contributed by atoms with Gasteiger partial charge in [-0.25, -0.2) is 9.78 Å². The van der Waals surface area contributed by atoms with E-state index in [-0.39, 0.29) is 16.5 Å². The number of anilines is 2. The maximum absolute atomic E-state index is 12.6. The number of aromatic carboxylic acids is 1. The van der Waals surface area contributed by atoms with E-state index < -0.39 is 24.3 Å². The molecule has 0 bridgehead atoms. The number of carbonyl (C=O) groups is 1. The molecule has 0 amide bonds. The van der Waals surface area contributed by atoms with Crippen LogP contribution in [0.25, 0.3) is 0 Å². The van der Waals surface area contributed by atoms with Crippen LogP contribution in [0.5, 0.6) is 0 Å². The number of hydrogen-bond acceptors (Lipinski definition) is 5. The van der Waals surface area contributed by atoms with Gasteiger partial charge in [0.15, 0.2) is 0 Å². The highest BCUT2D eigenvalue weighted by molar-refractivity contribution is 6.30. The normalized spacial score (nSPS) is 10.7. The van der Waals surface area contributed by atoms with Gasteiger partial charge in [-0.3, -0.25) is 4.98 Å². The van der Waals surface area contributed by atoms with Crippen molar-refractivity contribution in [2.24, 2.45) is 0 Å². The van der Waals surface area contributed by atoms with Gasteiger partial charge >= 0.3 is 12.1 Å². The number of rotatable bonds is 5. The molecule has 6 nitrogen and oxygen atoms in total. The van der Waals surface area contributed by atoms with E-state index in [9.17, 15) is 23.1 Å². The van der Waals surface area contributed by atoms with Crippen LogP contribution in [0, 0.1) is 11.8 Å². The molecule has 0 saturated heterocycles. The van der Waals surface area contributed by atoms with Gasteiger partial charge in [0.25, 0.3) is 0 Å². The Balaban J connectivity index is 2.52. The van der Waals surface area contributed by atoms with Crippen molar-refractivity contribution in [3.8, 4) is 11.8 Å². The minimum atomic E-state index is -4.55. The third-order valence-electron chi connectivity index (χ3n) is 3.19. The standard InChI is InChI=1S/C17H14ClF3N4O2/c1-2-23-13-8-22-6-5-10(13)3-4-12-15(24-9-17(19,20)21)11(16(26)27)7-14(18)25-12/h5-8,23-24H,2,9H2,1H3,(H,26,27). The van der Waals surface area contributed by atoms with Gasteiger partial charge in [0.2, 0.25) is 0 Å². The van der Waals surface area contributed by atoms with Crippen LogP contribution in [0.2, 0.25) is 5.15 Å². The van der Waals surface area contributed by atoms with Crippen molar-refractivity contribution in [3.63, 3.8) is 0 Å². The molecule has 2 rings (SSSR count). The van der Waals surface area contributed by atoms with Crippen molar-refractivity contribution in [3.05, 3.63) is 46.5 Å². The number of nitrogens with zero attached hydrogens (tertiary/aromatic N) is 2. The number of alkyl halides is 3. The molecule has 10 heteroatoms. The third kappa shape index (κ3) is 5.76. The van der Waals surface area contributed by atoms with E-state index in [0.717, 1.165) is 6.07 Å². The lowest BCUT2D eigenvalue weighted by molar-refractivity contribution is -0.115. The van der Waals surface area contributed by atoms with Crippen LogP contribution in [-0.2, 0) is 0 Å². The fourth-order valence-electron chi connectivity index (χ4n) is 2.10. The highest BCUT2D eigenvalue weighted by Crippen LogP contribution is 2.25. The van der Waals surface area contributed by atoms with Crippen molar-refractivity contribution < 1.29 is 23.1 Å². The highest BCUT2D eigenvalue weighted by atomic mass is 35.5.